The van der Waals surface area contributed by atoms with Crippen LogP contribution in [0.1, 0.15) is 24.0 Å². The molecule has 3 rings (SSSR count). The molecule has 0 atom stereocenters. The minimum Gasteiger partial charge on any atom is -0.317 e. The number of hydrogen-bond acceptors (Lipinski definition) is 4. The van der Waals surface area contributed by atoms with Crippen molar-refractivity contribution in [3.63, 3.8) is 0 Å². The fourth-order valence-electron chi connectivity index (χ4n) is 2.63. The van der Waals surface area contributed by atoms with Crippen molar-refractivity contribution in [2.45, 2.75) is 19.4 Å². The van der Waals surface area contributed by atoms with Crippen molar-refractivity contribution >= 4 is 46.5 Å². The Morgan fingerprint density at radius 2 is 1.85 bits per heavy atom. The van der Waals surface area contributed by atoms with Crippen molar-refractivity contribution in [3.8, 4) is 0 Å². The zero-order chi connectivity index (χ0) is 18.5. The lowest BCUT2D eigenvalue weighted by atomic mass is 10.1. The number of amides is 1. The van der Waals surface area contributed by atoms with Gasteiger partial charge in [0.25, 0.3) is 5.91 Å². The van der Waals surface area contributed by atoms with Crippen LogP contribution in [0.25, 0.3) is 0 Å². The van der Waals surface area contributed by atoms with E-state index >= 15 is 0 Å². The van der Waals surface area contributed by atoms with E-state index in [2.05, 4.69) is 5.16 Å². The molecule has 1 aliphatic heterocycles. The lowest BCUT2D eigenvalue weighted by molar-refractivity contribution is -0.143. The lowest BCUT2D eigenvalue weighted by Gasteiger charge is -2.16. The van der Waals surface area contributed by atoms with Crippen LogP contribution in [0.15, 0.2) is 53.7 Å². The molecule has 0 aromatic heterocycles. The topological polar surface area (TPSA) is 59.0 Å². The molecule has 0 saturated carbocycles. The van der Waals surface area contributed by atoms with Gasteiger partial charge in [0.2, 0.25) is 0 Å². The number of nitrogens with zero attached hydrogens (tertiary/aromatic N) is 2. The molecule has 1 aliphatic rings. The van der Waals surface area contributed by atoms with Gasteiger partial charge in [-0.25, -0.2) is 4.79 Å². The Kier molecular flexibility index (Phi) is 5.91. The van der Waals surface area contributed by atoms with Gasteiger partial charge in [-0.3, -0.25) is 4.79 Å². The van der Waals surface area contributed by atoms with Gasteiger partial charge in [0.1, 0.15) is 0 Å². The Morgan fingerprint density at radius 3 is 2.58 bits per heavy atom. The molecule has 134 valence electrons. The van der Waals surface area contributed by atoms with Gasteiger partial charge in [0.05, 0.1) is 12.2 Å². The zero-order valence-corrected chi connectivity index (χ0v) is 15.3. The molecule has 0 saturated heterocycles. The summed E-state index contributed by atoms with van der Waals surface area (Å²) in [7, 11) is 0. The normalized spacial score (nSPS) is 14.6. The maximum Gasteiger partial charge on any atom is 0.335 e. The molecule has 26 heavy (non-hydrogen) atoms. The summed E-state index contributed by atoms with van der Waals surface area (Å²) in [5.74, 6) is -0.464. The van der Waals surface area contributed by atoms with Crippen molar-refractivity contribution in [2.24, 2.45) is 5.16 Å². The number of benzene rings is 2. The van der Waals surface area contributed by atoms with E-state index in [9.17, 15) is 9.59 Å². The van der Waals surface area contributed by atoms with Crippen molar-refractivity contribution in [3.05, 3.63) is 64.7 Å². The van der Waals surface area contributed by atoms with Gasteiger partial charge < -0.3 is 9.74 Å². The average molecular weight is 391 g/mol. The number of oxime groups is 1. The standard InChI is InChI=1S/C19H16Cl2N2O3/c20-11-3-6-17(24)26-22-18-15-4-1-2-5-16(15)23(19(18)25)12-13-7-9-14(21)10-8-13/h1-2,4-5,7-10H,3,6,11-12H2/b22-18+. The largest absolute Gasteiger partial charge is 0.335 e. The number of carbonyl (C=O) groups is 2. The van der Waals surface area contributed by atoms with E-state index in [1.807, 2.05) is 30.3 Å². The highest BCUT2D eigenvalue weighted by atomic mass is 35.5. The van der Waals surface area contributed by atoms with Gasteiger partial charge in [0, 0.05) is 22.9 Å². The van der Waals surface area contributed by atoms with E-state index in [1.165, 1.54) is 0 Å². The third-order valence-corrected chi connectivity index (χ3v) is 4.42. The minimum atomic E-state index is -0.514. The summed E-state index contributed by atoms with van der Waals surface area (Å²) >= 11 is 11.5. The van der Waals surface area contributed by atoms with Crippen LogP contribution >= 0.6 is 23.2 Å². The predicted molar refractivity (Wildman–Crippen MR) is 102 cm³/mol. The molecule has 0 radical (unpaired) electrons. The van der Waals surface area contributed by atoms with E-state index in [-0.39, 0.29) is 18.0 Å². The number of para-hydroxylation sites is 1. The van der Waals surface area contributed by atoms with Gasteiger partial charge in [-0.05, 0) is 30.2 Å². The van der Waals surface area contributed by atoms with Crippen molar-refractivity contribution in [1.82, 2.24) is 0 Å². The number of halogens is 2. The minimum absolute atomic E-state index is 0.119. The summed E-state index contributed by atoms with van der Waals surface area (Å²) in [5.41, 5.74) is 2.41. The molecule has 1 amide bonds. The first-order valence-corrected chi connectivity index (χ1v) is 9.01. The van der Waals surface area contributed by atoms with Gasteiger partial charge in [-0.2, -0.15) is 0 Å². The van der Waals surface area contributed by atoms with Gasteiger partial charge in [0.15, 0.2) is 5.71 Å². The number of alkyl halides is 1. The summed E-state index contributed by atoms with van der Waals surface area (Å²) in [4.78, 5) is 31.0. The number of hydrogen-bond donors (Lipinski definition) is 0. The van der Waals surface area contributed by atoms with E-state index in [4.69, 9.17) is 28.0 Å². The van der Waals surface area contributed by atoms with Crippen LogP contribution in [0.4, 0.5) is 5.69 Å². The average Bonchev–Trinajstić information content (AvgIpc) is 2.91. The Balaban J connectivity index is 1.83. The molecule has 7 heteroatoms. The SMILES string of the molecule is O=C(CCCCl)O/N=C1/C(=O)N(Cc2ccc(Cl)cc2)c2ccccc21. The van der Waals surface area contributed by atoms with Crippen LogP contribution in [-0.4, -0.2) is 23.5 Å². The first-order chi connectivity index (χ1) is 12.6. The summed E-state index contributed by atoms with van der Waals surface area (Å²) in [5, 5.41) is 4.45. The summed E-state index contributed by atoms with van der Waals surface area (Å²) in [6.45, 7) is 0.367. The molecule has 5 nitrogen and oxygen atoms in total. The van der Waals surface area contributed by atoms with Crippen molar-refractivity contribution in [2.75, 3.05) is 10.8 Å². The van der Waals surface area contributed by atoms with Crippen LogP contribution in [0.3, 0.4) is 0 Å². The monoisotopic (exact) mass is 390 g/mol. The summed E-state index contributed by atoms with van der Waals surface area (Å²) < 4.78 is 0. The Labute approximate surface area is 161 Å². The first kappa shape index (κ1) is 18.4. The van der Waals surface area contributed by atoms with E-state index in [0.29, 0.717) is 29.4 Å². The molecule has 0 unspecified atom stereocenters. The molecule has 0 bridgehead atoms. The fourth-order valence-corrected chi connectivity index (χ4v) is 2.89. The number of carbonyl (C=O) groups excluding carboxylic acids is 2. The summed E-state index contributed by atoms with van der Waals surface area (Å²) in [6, 6.07) is 14.5. The molecule has 0 N–H and O–H groups in total. The quantitative estimate of drug-likeness (QED) is 0.422. The molecule has 0 spiro atoms. The third kappa shape index (κ3) is 4.06. The second kappa shape index (κ2) is 8.34. The van der Waals surface area contributed by atoms with Crippen molar-refractivity contribution < 1.29 is 14.4 Å². The van der Waals surface area contributed by atoms with Crippen LogP contribution in [0.5, 0.6) is 0 Å². The van der Waals surface area contributed by atoms with Gasteiger partial charge >= 0.3 is 5.97 Å². The second-order valence-electron chi connectivity index (χ2n) is 5.73. The number of anilines is 1. The van der Waals surface area contributed by atoms with E-state index in [0.717, 1.165) is 11.3 Å². The zero-order valence-electron chi connectivity index (χ0n) is 13.8. The third-order valence-electron chi connectivity index (χ3n) is 3.90. The summed E-state index contributed by atoms with van der Waals surface area (Å²) in [6.07, 6.45) is 0.656. The molecular formula is C19H16Cl2N2O3. The van der Waals surface area contributed by atoms with E-state index in [1.54, 1.807) is 23.1 Å². The highest BCUT2D eigenvalue weighted by Crippen LogP contribution is 2.30. The molecule has 0 aliphatic carbocycles. The highest BCUT2D eigenvalue weighted by molar-refractivity contribution is 6.54. The second-order valence-corrected chi connectivity index (χ2v) is 6.55. The van der Waals surface area contributed by atoms with Crippen LogP contribution in [0, 0.1) is 0 Å². The number of fused-ring (bicyclic) bond motifs is 1. The van der Waals surface area contributed by atoms with Gasteiger partial charge in [-0.1, -0.05) is 47.1 Å². The fraction of sp³-hybridized carbons (Fsp3) is 0.211. The maximum atomic E-state index is 12.8. The van der Waals surface area contributed by atoms with Crippen LogP contribution in [0.2, 0.25) is 5.02 Å². The number of rotatable bonds is 6. The first-order valence-electron chi connectivity index (χ1n) is 8.09. The van der Waals surface area contributed by atoms with Crippen LogP contribution < -0.4 is 4.90 Å². The Bertz CT molecular complexity index is 850. The lowest BCUT2D eigenvalue weighted by Crippen LogP contribution is -2.29. The maximum absolute atomic E-state index is 12.8. The smallest absolute Gasteiger partial charge is 0.317 e. The molecule has 1 heterocycles. The van der Waals surface area contributed by atoms with Crippen LogP contribution in [-0.2, 0) is 21.0 Å². The Morgan fingerprint density at radius 1 is 1.12 bits per heavy atom. The van der Waals surface area contributed by atoms with Crippen molar-refractivity contribution in [1.29, 1.82) is 0 Å². The molecule has 2 aromatic carbocycles. The van der Waals surface area contributed by atoms with Gasteiger partial charge in [-0.15, -0.1) is 11.6 Å². The van der Waals surface area contributed by atoms with E-state index < -0.39 is 5.97 Å². The highest BCUT2D eigenvalue weighted by Gasteiger charge is 2.34. The predicted octanol–water partition coefficient (Wildman–Crippen LogP) is 4.15. The molecule has 2 aromatic rings. The molecular weight excluding hydrogens is 375 g/mol. The Hall–Kier alpha value is -2.37. The molecule has 0 fully saturated rings.